The largest absolute Gasteiger partial charge is 0.461 e. The highest BCUT2D eigenvalue weighted by molar-refractivity contribution is 5.70. The average molecular weight is 237 g/mol. The van der Waals surface area contributed by atoms with E-state index in [2.05, 4.69) is 4.98 Å². The molecule has 1 aromatic rings. The first-order valence-electron chi connectivity index (χ1n) is 5.84. The highest BCUT2D eigenvalue weighted by Gasteiger charge is 2.04. The van der Waals surface area contributed by atoms with Gasteiger partial charge in [-0.15, -0.1) is 0 Å². The van der Waals surface area contributed by atoms with E-state index >= 15 is 0 Å². The second-order valence-electron chi connectivity index (χ2n) is 4.05. The molecule has 0 aliphatic heterocycles. The van der Waals surface area contributed by atoms with Crippen molar-refractivity contribution in [3.8, 4) is 0 Å². The second kappa shape index (κ2) is 7.79. The van der Waals surface area contributed by atoms with Gasteiger partial charge in [0.1, 0.15) is 6.61 Å². The van der Waals surface area contributed by atoms with E-state index in [9.17, 15) is 4.79 Å². The SMILES string of the molecule is CC(C)OC(=O)COCCCc1ccncc1. The summed E-state index contributed by atoms with van der Waals surface area (Å²) in [5, 5.41) is 0. The first-order chi connectivity index (χ1) is 8.18. The lowest BCUT2D eigenvalue weighted by Crippen LogP contribution is -2.17. The van der Waals surface area contributed by atoms with Crippen molar-refractivity contribution >= 4 is 5.97 Å². The van der Waals surface area contributed by atoms with Gasteiger partial charge in [-0.2, -0.15) is 0 Å². The summed E-state index contributed by atoms with van der Waals surface area (Å²) in [6.07, 6.45) is 5.29. The predicted molar refractivity (Wildman–Crippen MR) is 64.6 cm³/mol. The zero-order chi connectivity index (χ0) is 12.5. The number of carbonyl (C=O) groups excluding carboxylic acids is 1. The third-order valence-electron chi connectivity index (χ3n) is 2.09. The third kappa shape index (κ3) is 6.68. The van der Waals surface area contributed by atoms with Crippen molar-refractivity contribution in [1.29, 1.82) is 0 Å². The fourth-order valence-corrected chi connectivity index (χ4v) is 1.38. The van der Waals surface area contributed by atoms with Crippen LogP contribution in [-0.2, 0) is 20.7 Å². The van der Waals surface area contributed by atoms with Crippen LogP contribution in [0.1, 0.15) is 25.8 Å². The molecule has 0 atom stereocenters. The summed E-state index contributed by atoms with van der Waals surface area (Å²) in [6, 6.07) is 3.96. The maximum absolute atomic E-state index is 11.1. The number of ether oxygens (including phenoxy) is 2. The molecule has 17 heavy (non-hydrogen) atoms. The number of carbonyl (C=O) groups is 1. The zero-order valence-electron chi connectivity index (χ0n) is 10.4. The second-order valence-corrected chi connectivity index (χ2v) is 4.05. The summed E-state index contributed by atoms with van der Waals surface area (Å²) in [5.41, 5.74) is 1.23. The molecule has 0 radical (unpaired) electrons. The molecule has 0 fully saturated rings. The van der Waals surface area contributed by atoms with Crippen LogP contribution in [0.3, 0.4) is 0 Å². The molecule has 1 aromatic heterocycles. The Morgan fingerprint density at radius 2 is 2.06 bits per heavy atom. The van der Waals surface area contributed by atoms with Gasteiger partial charge in [-0.05, 0) is 44.4 Å². The van der Waals surface area contributed by atoms with Crippen molar-refractivity contribution in [2.24, 2.45) is 0 Å². The van der Waals surface area contributed by atoms with Crippen molar-refractivity contribution in [2.45, 2.75) is 32.8 Å². The molecule has 0 unspecified atom stereocenters. The number of nitrogens with zero attached hydrogens (tertiary/aromatic N) is 1. The van der Waals surface area contributed by atoms with Crippen molar-refractivity contribution < 1.29 is 14.3 Å². The number of aryl methyl sites for hydroxylation is 1. The minimum Gasteiger partial charge on any atom is -0.461 e. The number of hydrogen-bond acceptors (Lipinski definition) is 4. The van der Waals surface area contributed by atoms with Crippen LogP contribution >= 0.6 is 0 Å². The van der Waals surface area contributed by atoms with E-state index in [1.165, 1.54) is 5.56 Å². The van der Waals surface area contributed by atoms with E-state index in [-0.39, 0.29) is 18.7 Å². The normalized spacial score (nSPS) is 10.5. The van der Waals surface area contributed by atoms with E-state index in [4.69, 9.17) is 9.47 Å². The smallest absolute Gasteiger partial charge is 0.332 e. The predicted octanol–water partition coefficient (Wildman–Crippen LogP) is 1.98. The summed E-state index contributed by atoms with van der Waals surface area (Å²) in [6.45, 7) is 4.24. The van der Waals surface area contributed by atoms with Crippen molar-refractivity contribution in [3.05, 3.63) is 30.1 Å². The Morgan fingerprint density at radius 3 is 2.71 bits per heavy atom. The first-order valence-corrected chi connectivity index (χ1v) is 5.84. The van der Waals surface area contributed by atoms with Gasteiger partial charge in [0.2, 0.25) is 0 Å². The molecule has 1 heterocycles. The van der Waals surface area contributed by atoms with Gasteiger partial charge in [-0.25, -0.2) is 4.79 Å². The number of aromatic nitrogens is 1. The summed E-state index contributed by atoms with van der Waals surface area (Å²) < 4.78 is 10.2. The number of pyridine rings is 1. The highest BCUT2D eigenvalue weighted by atomic mass is 16.6. The van der Waals surface area contributed by atoms with E-state index in [0.29, 0.717) is 6.61 Å². The van der Waals surface area contributed by atoms with Gasteiger partial charge in [-0.1, -0.05) is 0 Å². The summed E-state index contributed by atoms with van der Waals surface area (Å²) in [4.78, 5) is 15.1. The molecule has 4 nitrogen and oxygen atoms in total. The Morgan fingerprint density at radius 1 is 1.35 bits per heavy atom. The molecule has 4 heteroatoms. The Hall–Kier alpha value is -1.42. The molecular weight excluding hydrogens is 218 g/mol. The lowest BCUT2D eigenvalue weighted by atomic mass is 10.1. The van der Waals surface area contributed by atoms with Gasteiger partial charge in [0.15, 0.2) is 0 Å². The molecule has 0 saturated heterocycles. The zero-order valence-corrected chi connectivity index (χ0v) is 10.4. The first kappa shape index (κ1) is 13.6. The molecule has 0 aromatic carbocycles. The molecule has 0 aliphatic carbocycles. The van der Waals surface area contributed by atoms with Crippen LogP contribution in [-0.4, -0.2) is 30.3 Å². The minimum absolute atomic E-state index is 0.0362. The van der Waals surface area contributed by atoms with Gasteiger partial charge in [0.25, 0.3) is 0 Å². The fraction of sp³-hybridized carbons (Fsp3) is 0.538. The van der Waals surface area contributed by atoms with Gasteiger partial charge in [-0.3, -0.25) is 4.98 Å². The van der Waals surface area contributed by atoms with Crippen molar-refractivity contribution in [3.63, 3.8) is 0 Å². The van der Waals surface area contributed by atoms with Gasteiger partial charge in [0, 0.05) is 19.0 Å². The quantitative estimate of drug-likeness (QED) is 0.537. The van der Waals surface area contributed by atoms with Crippen LogP contribution in [0, 0.1) is 0 Å². The third-order valence-corrected chi connectivity index (χ3v) is 2.09. The maximum atomic E-state index is 11.1. The standard InChI is InChI=1S/C13H19NO3/c1-11(2)17-13(15)10-16-9-3-4-12-5-7-14-8-6-12/h5-8,11H,3-4,9-10H2,1-2H3. The van der Waals surface area contributed by atoms with Crippen LogP contribution in [0.25, 0.3) is 0 Å². The van der Waals surface area contributed by atoms with Crippen molar-refractivity contribution in [1.82, 2.24) is 4.98 Å². The van der Waals surface area contributed by atoms with Crippen LogP contribution in [0.15, 0.2) is 24.5 Å². The Balaban J connectivity index is 2.03. The van der Waals surface area contributed by atoms with Crippen LogP contribution < -0.4 is 0 Å². The Labute approximate surface area is 102 Å². The van der Waals surface area contributed by atoms with E-state index in [0.717, 1.165) is 12.8 Å². The lowest BCUT2D eigenvalue weighted by Gasteiger charge is -2.08. The number of hydrogen-bond donors (Lipinski definition) is 0. The molecule has 1 rings (SSSR count). The van der Waals surface area contributed by atoms with E-state index < -0.39 is 0 Å². The summed E-state index contributed by atoms with van der Waals surface area (Å²) in [5.74, 6) is -0.302. The van der Waals surface area contributed by atoms with Crippen molar-refractivity contribution in [2.75, 3.05) is 13.2 Å². The minimum atomic E-state index is -0.302. The maximum Gasteiger partial charge on any atom is 0.332 e. The fourth-order valence-electron chi connectivity index (χ4n) is 1.38. The summed E-state index contributed by atoms with van der Waals surface area (Å²) in [7, 11) is 0. The van der Waals surface area contributed by atoms with Gasteiger partial charge in [0.05, 0.1) is 6.10 Å². The summed E-state index contributed by atoms with van der Waals surface area (Å²) >= 11 is 0. The Kier molecular flexibility index (Phi) is 6.25. The lowest BCUT2D eigenvalue weighted by molar-refractivity contribution is -0.152. The van der Waals surface area contributed by atoms with Crippen LogP contribution in [0.5, 0.6) is 0 Å². The molecule has 0 spiro atoms. The van der Waals surface area contributed by atoms with E-state index in [1.807, 2.05) is 26.0 Å². The van der Waals surface area contributed by atoms with E-state index in [1.54, 1.807) is 12.4 Å². The highest BCUT2D eigenvalue weighted by Crippen LogP contribution is 2.01. The molecular formula is C13H19NO3. The molecule has 0 aliphatic rings. The molecule has 0 amide bonds. The number of esters is 1. The number of rotatable bonds is 7. The van der Waals surface area contributed by atoms with Gasteiger partial charge < -0.3 is 9.47 Å². The van der Waals surface area contributed by atoms with Crippen LogP contribution in [0.4, 0.5) is 0 Å². The van der Waals surface area contributed by atoms with Crippen LogP contribution in [0.2, 0.25) is 0 Å². The monoisotopic (exact) mass is 237 g/mol. The Bertz CT molecular complexity index is 325. The van der Waals surface area contributed by atoms with Gasteiger partial charge >= 0.3 is 5.97 Å². The average Bonchev–Trinajstić information content (AvgIpc) is 2.29. The molecule has 0 bridgehead atoms. The molecule has 94 valence electrons. The molecule has 0 saturated carbocycles. The molecule has 0 N–H and O–H groups in total. The topological polar surface area (TPSA) is 48.4 Å².